The van der Waals surface area contributed by atoms with E-state index in [1.807, 2.05) is 0 Å². The Morgan fingerprint density at radius 3 is 2.71 bits per heavy atom. The molecule has 1 heterocycles. The molecule has 1 N–H and O–H groups in total. The SMILES string of the molecule is [O-][S+]1CCC(O)S1. The molecule has 0 saturated carbocycles. The van der Waals surface area contributed by atoms with Crippen LogP contribution in [0.5, 0.6) is 0 Å². The molecule has 0 amide bonds. The van der Waals surface area contributed by atoms with Crippen molar-refractivity contribution in [1.29, 1.82) is 0 Å². The van der Waals surface area contributed by atoms with Gasteiger partial charge in [0.2, 0.25) is 0 Å². The van der Waals surface area contributed by atoms with E-state index >= 15 is 0 Å². The van der Waals surface area contributed by atoms with E-state index in [4.69, 9.17) is 5.11 Å². The fraction of sp³-hybridized carbons (Fsp3) is 1.00. The molecule has 0 radical (unpaired) electrons. The fourth-order valence-corrected chi connectivity index (χ4v) is 3.15. The standard InChI is InChI=1S/C3H6O2S2/c4-3-1-2-7(5)6-3/h3-4H,1-2H2. The molecule has 0 bridgehead atoms. The summed E-state index contributed by atoms with van der Waals surface area (Å²) in [7, 11) is 0.362. The summed E-state index contributed by atoms with van der Waals surface area (Å²) in [6, 6.07) is 0. The molecule has 4 heteroatoms. The Balaban J connectivity index is 2.26. The topological polar surface area (TPSA) is 43.3 Å². The van der Waals surface area contributed by atoms with Crippen LogP contribution in [0.1, 0.15) is 6.42 Å². The maximum Gasteiger partial charge on any atom is 0.153 e. The smallest absolute Gasteiger partial charge is 0.153 e. The minimum Gasteiger partial charge on any atom is -0.605 e. The summed E-state index contributed by atoms with van der Waals surface area (Å²) in [5.41, 5.74) is -0.360. The first-order chi connectivity index (χ1) is 3.29. The van der Waals surface area contributed by atoms with E-state index in [-0.39, 0.29) is 5.44 Å². The van der Waals surface area contributed by atoms with Crippen LogP contribution in [0.3, 0.4) is 0 Å². The van der Waals surface area contributed by atoms with Gasteiger partial charge in [-0.05, 0) is 0 Å². The van der Waals surface area contributed by atoms with Crippen molar-refractivity contribution in [3.8, 4) is 0 Å². The molecule has 1 saturated heterocycles. The fourth-order valence-electron chi connectivity index (χ4n) is 0.417. The molecule has 1 aliphatic rings. The molecule has 1 fully saturated rings. The van der Waals surface area contributed by atoms with Gasteiger partial charge in [0.05, 0.1) is 0 Å². The van der Waals surface area contributed by atoms with Gasteiger partial charge in [-0.2, -0.15) is 0 Å². The van der Waals surface area contributed by atoms with Crippen molar-refractivity contribution >= 4 is 21.0 Å². The first-order valence-corrected chi connectivity index (χ1v) is 4.74. The molecular weight excluding hydrogens is 132 g/mol. The Hall–Kier alpha value is 0.620. The van der Waals surface area contributed by atoms with E-state index in [0.717, 1.165) is 10.8 Å². The van der Waals surface area contributed by atoms with Gasteiger partial charge in [-0.3, -0.25) is 0 Å². The van der Waals surface area contributed by atoms with Gasteiger partial charge in [0.25, 0.3) is 0 Å². The largest absolute Gasteiger partial charge is 0.605 e. The molecule has 2 atom stereocenters. The van der Waals surface area contributed by atoms with Crippen molar-refractivity contribution in [3.05, 3.63) is 0 Å². The van der Waals surface area contributed by atoms with Crippen LogP contribution in [-0.2, 0) is 10.2 Å². The van der Waals surface area contributed by atoms with Crippen molar-refractivity contribution in [2.45, 2.75) is 11.9 Å². The highest BCUT2D eigenvalue weighted by atomic mass is 33.1. The van der Waals surface area contributed by atoms with Gasteiger partial charge in [0.15, 0.2) is 5.44 Å². The third-order valence-corrected chi connectivity index (χ3v) is 3.80. The number of hydrogen-bond donors (Lipinski definition) is 1. The predicted molar refractivity (Wildman–Crippen MR) is 31.2 cm³/mol. The van der Waals surface area contributed by atoms with Gasteiger partial charge in [0.1, 0.15) is 16.5 Å². The Morgan fingerprint density at radius 1 is 1.86 bits per heavy atom. The lowest BCUT2D eigenvalue weighted by Gasteiger charge is -1.94. The monoisotopic (exact) mass is 138 g/mol. The van der Waals surface area contributed by atoms with E-state index in [2.05, 4.69) is 0 Å². The summed E-state index contributed by atoms with van der Waals surface area (Å²) < 4.78 is 10.4. The zero-order valence-corrected chi connectivity index (χ0v) is 5.30. The number of aliphatic hydroxyl groups is 1. The Bertz CT molecular complexity index is 60.0. The summed E-state index contributed by atoms with van der Waals surface area (Å²) >= 11 is 0. The number of rotatable bonds is 0. The predicted octanol–water partition coefficient (Wildman–Crippen LogP) is 0.105. The maximum atomic E-state index is 10.4. The lowest BCUT2D eigenvalue weighted by Crippen LogP contribution is -1.90. The second-order valence-electron chi connectivity index (χ2n) is 1.35. The molecule has 0 spiro atoms. The van der Waals surface area contributed by atoms with Gasteiger partial charge in [-0.15, -0.1) is 0 Å². The molecule has 0 aromatic heterocycles. The van der Waals surface area contributed by atoms with Crippen molar-refractivity contribution in [2.24, 2.45) is 0 Å². The molecular formula is C3H6O2S2. The summed E-state index contributed by atoms with van der Waals surface area (Å²) in [5, 5.41) is 8.67. The van der Waals surface area contributed by atoms with Crippen LogP contribution in [0.2, 0.25) is 0 Å². The molecule has 1 rings (SSSR count). The van der Waals surface area contributed by atoms with E-state index in [1.54, 1.807) is 0 Å². The van der Waals surface area contributed by atoms with E-state index in [9.17, 15) is 4.55 Å². The molecule has 2 unspecified atom stereocenters. The van der Waals surface area contributed by atoms with Crippen LogP contribution in [0, 0.1) is 0 Å². The Labute approximate surface area is 48.9 Å². The van der Waals surface area contributed by atoms with Crippen LogP contribution >= 0.6 is 10.8 Å². The van der Waals surface area contributed by atoms with Crippen LogP contribution in [0.15, 0.2) is 0 Å². The lowest BCUT2D eigenvalue weighted by atomic mass is 10.5. The Morgan fingerprint density at radius 2 is 2.57 bits per heavy atom. The highest BCUT2D eigenvalue weighted by molar-refractivity contribution is 8.72. The average molecular weight is 138 g/mol. The first kappa shape index (κ1) is 5.75. The van der Waals surface area contributed by atoms with Gasteiger partial charge >= 0.3 is 0 Å². The summed E-state index contributed by atoms with van der Waals surface area (Å²) in [4.78, 5) is 0. The summed E-state index contributed by atoms with van der Waals surface area (Å²) in [5.74, 6) is 0.659. The van der Waals surface area contributed by atoms with Gasteiger partial charge < -0.3 is 9.66 Å². The quantitative estimate of drug-likeness (QED) is 0.381. The van der Waals surface area contributed by atoms with Crippen molar-refractivity contribution < 1.29 is 9.66 Å². The molecule has 42 valence electrons. The molecule has 2 nitrogen and oxygen atoms in total. The van der Waals surface area contributed by atoms with Gasteiger partial charge in [-0.25, -0.2) is 0 Å². The molecule has 0 aromatic carbocycles. The second-order valence-corrected chi connectivity index (χ2v) is 4.79. The second kappa shape index (κ2) is 2.26. The molecule has 0 aromatic rings. The van der Waals surface area contributed by atoms with E-state index in [1.165, 1.54) is 0 Å². The minimum absolute atomic E-state index is 0.360. The number of aliphatic hydroxyl groups excluding tert-OH is 1. The minimum atomic E-state index is -0.786. The Kier molecular flexibility index (Phi) is 1.86. The van der Waals surface area contributed by atoms with Crippen molar-refractivity contribution in [2.75, 3.05) is 5.75 Å². The van der Waals surface area contributed by atoms with E-state index in [0.29, 0.717) is 12.2 Å². The van der Waals surface area contributed by atoms with Gasteiger partial charge in [0, 0.05) is 16.6 Å². The van der Waals surface area contributed by atoms with Crippen LogP contribution in [0.4, 0.5) is 0 Å². The summed E-state index contributed by atoms with van der Waals surface area (Å²) in [6.07, 6.45) is 0.692. The third-order valence-electron chi connectivity index (χ3n) is 0.750. The zero-order chi connectivity index (χ0) is 5.28. The molecule has 7 heavy (non-hydrogen) atoms. The highest BCUT2D eigenvalue weighted by Crippen LogP contribution is 2.28. The van der Waals surface area contributed by atoms with Crippen LogP contribution in [-0.4, -0.2) is 20.8 Å². The van der Waals surface area contributed by atoms with E-state index < -0.39 is 10.2 Å². The first-order valence-electron chi connectivity index (χ1n) is 2.02. The van der Waals surface area contributed by atoms with Crippen LogP contribution < -0.4 is 0 Å². The van der Waals surface area contributed by atoms with Gasteiger partial charge in [-0.1, -0.05) is 0 Å². The normalized spacial score (nSPS) is 42.0. The lowest BCUT2D eigenvalue weighted by molar-refractivity contribution is 0.264. The third kappa shape index (κ3) is 1.53. The maximum absolute atomic E-state index is 10.4. The highest BCUT2D eigenvalue weighted by Gasteiger charge is 2.25. The van der Waals surface area contributed by atoms with Crippen molar-refractivity contribution in [1.82, 2.24) is 0 Å². The zero-order valence-electron chi connectivity index (χ0n) is 3.66. The summed E-state index contributed by atoms with van der Waals surface area (Å²) in [6.45, 7) is 0. The molecule has 1 aliphatic heterocycles. The van der Waals surface area contributed by atoms with Crippen molar-refractivity contribution in [3.63, 3.8) is 0 Å². The number of hydrogen-bond acceptors (Lipinski definition) is 3. The average Bonchev–Trinajstić information content (AvgIpc) is 1.87. The van der Waals surface area contributed by atoms with Crippen LogP contribution in [0.25, 0.3) is 0 Å². The molecule has 0 aliphatic carbocycles.